The van der Waals surface area contributed by atoms with Crippen LogP contribution in [0.5, 0.6) is 0 Å². The lowest BCUT2D eigenvalue weighted by molar-refractivity contribution is -0.145. The van der Waals surface area contributed by atoms with Crippen LogP contribution in [-0.4, -0.2) is 68.0 Å². The lowest BCUT2D eigenvalue weighted by atomic mass is 10.1. The smallest absolute Gasteiger partial charge is 0.328 e. The van der Waals surface area contributed by atoms with Crippen LogP contribution in [-0.2, 0) is 25.7 Å². The van der Waals surface area contributed by atoms with E-state index in [1.54, 1.807) is 12.1 Å². The number of aliphatic carboxylic acids is 1. The number of nitrogens with zero attached hydrogens (tertiary/aromatic N) is 3. The molecular weight excluding hydrogens is 548 g/mol. The van der Waals surface area contributed by atoms with Crippen molar-refractivity contribution in [2.75, 3.05) is 18.2 Å². The molecule has 2 aromatic heterocycles. The van der Waals surface area contributed by atoms with Crippen molar-refractivity contribution in [3.05, 3.63) is 52.1 Å². The first-order chi connectivity index (χ1) is 20.1. The molecule has 3 aromatic rings. The normalized spacial score (nSPS) is 12.2. The molecule has 1 unspecified atom stereocenters. The number of hydrogen-bond donors (Lipinski definition) is 6. The van der Waals surface area contributed by atoms with Crippen molar-refractivity contribution in [2.45, 2.75) is 64.1 Å². The molecule has 224 valence electrons. The van der Waals surface area contributed by atoms with Crippen LogP contribution in [0.4, 0.5) is 11.6 Å². The third kappa shape index (κ3) is 8.97. The van der Waals surface area contributed by atoms with Gasteiger partial charge in [0.25, 0.3) is 11.5 Å². The average Bonchev–Trinajstić information content (AvgIpc) is 2.97. The summed E-state index contributed by atoms with van der Waals surface area (Å²) in [5, 5.41) is 17.7. The highest BCUT2D eigenvalue weighted by molar-refractivity contribution is 5.97. The topological polar surface area (TPSA) is 231 Å². The highest BCUT2D eigenvalue weighted by Crippen LogP contribution is 2.13. The molecule has 0 spiro atoms. The summed E-state index contributed by atoms with van der Waals surface area (Å²) in [4.78, 5) is 75.5. The van der Waals surface area contributed by atoms with Crippen LogP contribution in [0.1, 0.15) is 61.5 Å². The summed E-state index contributed by atoms with van der Waals surface area (Å²) in [7, 11) is 1.23. The summed E-state index contributed by atoms with van der Waals surface area (Å²) in [5.41, 5.74) is 6.49. The predicted molar refractivity (Wildman–Crippen MR) is 152 cm³/mol. The Labute approximate surface area is 240 Å². The van der Waals surface area contributed by atoms with Gasteiger partial charge in [0.05, 0.1) is 25.5 Å². The zero-order chi connectivity index (χ0) is 30.6. The van der Waals surface area contributed by atoms with Crippen LogP contribution in [0.15, 0.2) is 35.3 Å². The van der Waals surface area contributed by atoms with Gasteiger partial charge in [-0.3, -0.25) is 19.4 Å². The fourth-order valence-electron chi connectivity index (χ4n) is 4.02. The van der Waals surface area contributed by atoms with Crippen molar-refractivity contribution >= 4 is 46.6 Å². The number of nitrogens with two attached hydrogens (primary N) is 1. The molecule has 0 fully saturated rings. The van der Waals surface area contributed by atoms with Crippen molar-refractivity contribution in [3.63, 3.8) is 0 Å². The largest absolute Gasteiger partial charge is 0.480 e. The van der Waals surface area contributed by atoms with Gasteiger partial charge >= 0.3 is 11.9 Å². The van der Waals surface area contributed by atoms with E-state index in [0.717, 1.165) is 19.3 Å². The number of esters is 1. The van der Waals surface area contributed by atoms with E-state index in [1.807, 2.05) is 6.92 Å². The molecule has 3 rings (SSSR count). The first kappa shape index (κ1) is 31.4. The van der Waals surface area contributed by atoms with Crippen LogP contribution >= 0.6 is 0 Å². The number of carbonyl (C=O) groups is 4. The minimum atomic E-state index is -1.32. The van der Waals surface area contributed by atoms with Gasteiger partial charge in [-0.1, -0.05) is 26.2 Å². The minimum absolute atomic E-state index is 0.0521. The highest BCUT2D eigenvalue weighted by Gasteiger charge is 2.25. The molecule has 2 amide bonds. The number of benzene rings is 1. The Morgan fingerprint density at radius 1 is 1.05 bits per heavy atom. The molecule has 0 saturated carbocycles. The lowest BCUT2D eigenvalue weighted by Crippen LogP contribution is -2.44. The maximum absolute atomic E-state index is 12.7. The fourth-order valence-corrected chi connectivity index (χ4v) is 4.02. The van der Waals surface area contributed by atoms with Crippen LogP contribution in [0, 0.1) is 0 Å². The number of unbranched alkanes of at least 4 members (excludes halogenated alkanes) is 2. The number of H-pyrrole nitrogens is 1. The Morgan fingerprint density at radius 2 is 1.79 bits per heavy atom. The number of hydrogen-bond acceptors (Lipinski definition) is 11. The van der Waals surface area contributed by atoms with Crippen molar-refractivity contribution < 1.29 is 29.0 Å². The van der Waals surface area contributed by atoms with Gasteiger partial charge in [-0.05, 0) is 37.1 Å². The molecule has 0 aliphatic carbocycles. The second-order valence-electron chi connectivity index (χ2n) is 9.46. The number of fused-ring (bicyclic) bond motifs is 1. The van der Waals surface area contributed by atoms with Gasteiger partial charge in [0.2, 0.25) is 11.9 Å². The standard InChI is InChI=1S/C27H34N8O7/c1-3-4-5-6-19(26(41)42-2)32-20(36)12-11-18(25(39)40)33-23(37)15-7-9-16(10-8-15)29-13-17-14-30-22-21(31-17)24(38)35-27(28)34-22/h7-10,14,18-19,29H,3-6,11-13H2,1-2H3,(H,32,36)(H,33,37)(H,39,40)(H3,28,30,34,35,38)/t18?,19-/m0/s1. The molecule has 2 heterocycles. The number of amides is 2. The summed E-state index contributed by atoms with van der Waals surface area (Å²) < 4.78 is 4.75. The minimum Gasteiger partial charge on any atom is -0.480 e. The summed E-state index contributed by atoms with van der Waals surface area (Å²) >= 11 is 0. The number of aromatic amines is 1. The second-order valence-corrected chi connectivity index (χ2v) is 9.46. The van der Waals surface area contributed by atoms with Crippen LogP contribution < -0.4 is 27.2 Å². The van der Waals surface area contributed by atoms with Crippen LogP contribution in [0.25, 0.3) is 11.2 Å². The molecule has 2 atom stereocenters. The number of aromatic nitrogens is 4. The lowest BCUT2D eigenvalue weighted by Gasteiger charge is -2.18. The molecule has 42 heavy (non-hydrogen) atoms. The van der Waals surface area contributed by atoms with Crippen molar-refractivity contribution in [1.29, 1.82) is 0 Å². The summed E-state index contributed by atoms with van der Waals surface area (Å²) in [6.45, 7) is 2.23. The highest BCUT2D eigenvalue weighted by atomic mass is 16.5. The summed E-state index contributed by atoms with van der Waals surface area (Å²) in [5.74, 6) is -3.07. The molecular formula is C27H34N8O7. The number of carboxylic acids is 1. The molecule has 0 aliphatic rings. The molecule has 1 aromatic carbocycles. The fraction of sp³-hybridized carbons (Fsp3) is 0.407. The number of carboxylic acid groups (broad SMARTS) is 1. The maximum Gasteiger partial charge on any atom is 0.328 e. The SMILES string of the molecule is CCCCC[C@H](NC(=O)CCC(NC(=O)c1ccc(NCc2cnc3nc(N)[nH]c(=O)c3n2)cc1)C(=O)O)C(=O)OC. The Kier molecular flexibility index (Phi) is 11.3. The Bertz CT molecular complexity index is 1480. The first-order valence-corrected chi connectivity index (χ1v) is 13.4. The van der Waals surface area contributed by atoms with Gasteiger partial charge in [-0.25, -0.2) is 19.6 Å². The van der Waals surface area contributed by atoms with E-state index in [1.165, 1.54) is 25.4 Å². The van der Waals surface area contributed by atoms with E-state index in [0.29, 0.717) is 17.8 Å². The number of ether oxygens (including phenoxy) is 1. The Hall–Kier alpha value is -5.08. The third-order valence-corrected chi connectivity index (χ3v) is 6.29. The quantitative estimate of drug-likeness (QED) is 0.109. The summed E-state index contributed by atoms with van der Waals surface area (Å²) in [6, 6.07) is 4.11. The predicted octanol–water partition coefficient (Wildman–Crippen LogP) is 1.11. The number of anilines is 2. The van der Waals surface area contributed by atoms with Crippen LogP contribution in [0.3, 0.4) is 0 Å². The monoisotopic (exact) mass is 582 g/mol. The van der Waals surface area contributed by atoms with Gasteiger partial charge < -0.3 is 31.5 Å². The zero-order valence-corrected chi connectivity index (χ0v) is 23.3. The summed E-state index contributed by atoms with van der Waals surface area (Å²) in [6.07, 6.45) is 4.05. The van der Waals surface area contributed by atoms with E-state index >= 15 is 0 Å². The first-order valence-electron chi connectivity index (χ1n) is 13.4. The molecule has 0 aliphatic heterocycles. The van der Waals surface area contributed by atoms with E-state index in [4.69, 9.17) is 10.5 Å². The number of rotatable bonds is 15. The number of nitrogen functional groups attached to an aromatic ring is 1. The van der Waals surface area contributed by atoms with Crippen molar-refractivity contribution in [2.24, 2.45) is 0 Å². The molecule has 0 bridgehead atoms. The average molecular weight is 583 g/mol. The van der Waals surface area contributed by atoms with Crippen molar-refractivity contribution in [3.8, 4) is 0 Å². The van der Waals surface area contributed by atoms with E-state index in [2.05, 4.69) is 35.9 Å². The Morgan fingerprint density at radius 3 is 2.45 bits per heavy atom. The van der Waals surface area contributed by atoms with Gasteiger partial charge in [-0.15, -0.1) is 0 Å². The van der Waals surface area contributed by atoms with Crippen LogP contribution in [0.2, 0.25) is 0 Å². The van der Waals surface area contributed by atoms with Gasteiger partial charge in [0, 0.05) is 17.7 Å². The maximum atomic E-state index is 12.7. The molecule has 7 N–H and O–H groups in total. The number of methoxy groups -OCH3 is 1. The van der Waals surface area contributed by atoms with E-state index in [9.17, 15) is 29.1 Å². The number of carbonyl (C=O) groups excluding carboxylic acids is 3. The van der Waals surface area contributed by atoms with E-state index < -0.39 is 41.4 Å². The number of nitrogens with one attached hydrogen (secondary N) is 4. The molecule has 15 heteroatoms. The molecule has 15 nitrogen and oxygen atoms in total. The Balaban J connectivity index is 1.53. The van der Waals surface area contributed by atoms with E-state index in [-0.39, 0.29) is 42.1 Å². The van der Waals surface area contributed by atoms with Gasteiger partial charge in [0.1, 0.15) is 12.1 Å². The molecule has 0 radical (unpaired) electrons. The molecule has 0 saturated heterocycles. The zero-order valence-electron chi connectivity index (χ0n) is 23.3. The van der Waals surface area contributed by atoms with Crippen molar-refractivity contribution in [1.82, 2.24) is 30.6 Å². The second kappa shape index (κ2) is 15.1. The third-order valence-electron chi connectivity index (χ3n) is 6.29. The van der Waals surface area contributed by atoms with Gasteiger partial charge in [-0.2, -0.15) is 4.98 Å². The van der Waals surface area contributed by atoms with Gasteiger partial charge in [0.15, 0.2) is 11.2 Å².